The van der Waals surface area contributed by atoms with Gasteiger partial charge in [0, 0.05) is 6.61 Å². The van der Waals surface area contributed by atoms with Crippen LogP contribution in [0.2, 0.25) is 0 Å². The smallest absolute Gasteiger partial charge is 0.387 e. The Balaban J connectivity index is 1.91. The Bertz CT molecular complexity index is 816. The van der Waals surface area contributed by atoms with E-state index in [9.17, 15) is 8.78 Å². The van der Waals surface area contributed by atoms with Gasteiger partial charge < -0.3 is 9.47 Å². The maximum atomic E-state index is 15.1. The van der Waals surface area contributed by atoms with E-state index < -0.39 is 18.1 Å². The van der Waals surface area contributed by atoms with E-state index in [-0.39, 0.29) is 11.6 Å². The summed E-state index contributed by atoms with van der Waals surface area (Å²) in [7, 11) is 0. The first kappa shape index (κ1) is 20.2. The van der Waals surface area contributed by atoms with Crippen LogP contribution in [0, 0.1) is 0 Å². The molecule has 0 bridgehead atoms. The number of halogens is 3. The summed E-state index contributed by atoms with van der Waals surface area (Å²) >= 11 is 0. The van der Waals surface area contributed by atoms with Crippen molar-refractivity contribution in [2.45, 2.75) is 37.9 Å². The van der Waals surface area contributed by atoms with E-state index in [0.717, 1.165) is 18.4 Å². The zero-order valence-corrected chi connectivity index (χ0v) is 15.7. The molecule has 0 amide bonds. The van der Waals surface area contributed by atoms with Crippen molar-refractivity contribution in [3.63, 3.8) is 0 Å². The molecule has 1 aliphatic carbocycles. The van der Waals surface area contributed by atoms with Gasteiger partial charge in [0.15, 0.2) is 0 Å². The molecule has 0 saturated heterocycles. The zero-order valence-electron chi connectivity index (χ0n) is 15.7. The largest absolute Gasteiger partial charge is 0.435 e. The highest BCUT2D eigenvalue weighted by molar-refractivity contribution is 5.44. The number of benzene rings is 2. The number of alkyl halides is 2. The molecule has 28 heavy (non-hydrogen) atoms. The van der Waals surface area contributed by atoms with Gasteiger partial charge in [-0.25, -0.2) is 4.39 Å². The van der Waals surface area contributed by atoms with Crippen molar-refractivity contribution in [3.05, 3.63) is 89.8 Å². The normalized spacial score (nSPS) is 21.6. The molecular formula is C23H23F3O2. The van der Waals surface area contributed by atoms with Crippen LogP contribution in [0.4, 0.5) is 13.2 Å². The van der Waals surface area contributed by atoms with Gasteiger partial charge >= 0.3 is 6.61 Å². The number of hydrogen-bond acceptors (Lipinski definition) is 2. The third-order valence-corrected chi connectivity index (χ3v) is 4.71. The lowest BCUT2D eigenvalue weighted by molar-refractivity contribution is -0.0499. The van der Waals surface area contributed by atoms with Crippen molar-refractivity contribution in [3.8, 4) is 5.75 Å². The molecule has 2 aromatic carbocycles. The number of rotatable bonds is 8. The molecule has 1 aliphatic rings. The van der Waals surface area contributed by atoms with Crippen LogP contribution in [0.15, 0.2) is 78.7 Å². The fourth-order valence-corrected chi connectivity index (χ4v) is 3.24. The van der Waals surface area contributed by atoms with E-state index >= 15 is 4.39 Å². The number of ether oxygens (including phenoxy) is 2. The molecular weight excluding hydrogens is 365 g/mol. The molecule has 0 aliphatic heterocycles. The molecule has 0 spiro atoms. The van der Waals surface area contributed by atoms with Gasteiger partial charge in [0.2, 0.25) is 0 Å². The minimum Gasteiger partial charge on any atom is -0.435 e. The first-order valence-electron chi connectivity index (χ1n) is 9.36. The van der Waals surface area contributed by atoms with Crippen LogP contribution in [0.3, 0.4) is 0 Å². The summed E-state index contributed by atoms with van der Waals surface area (Å²) in [5.41, 5.74) is 0.437. The van der Waals surface area contributed by atoms with Crippen LogP contribution in [0.1, 0.15) is 36.8 Å². The van der Waals surface area contributed by atoms with Crippen molar-refractivity contribution in [2.75, 3.05) is 6.61 Å². The monoisotopic (exact) mass is 388 g/mol. The summed E-state index contributed by atoms with van der Waals surface area (Å²) in [6, 6.07) is 15.5. The van der Waals surface area contributed by atoms with E-state index in [2.05, 4.69) is 4.74 Å². The van der Waals surface area contributed by atoms with Gasteiger partial charge in [-0.15, -0.1) is 0 Å². The fraction of sp³-hybridized carbons (Fsp3) is 0.304. The fourth-order valence-electron chi connectivity index (χ4n) is 3.24. The second-order valence-corrected chi connectivity index (χ2v) is 6.67. The molecule has 2 aromatic rings. The van der Waals surface area contributed by atoms with Gasteiger partial charge in [-0.05, 0) is 41.8 Å². The molecule has 0 N–H and O–H groups in total. The van der Waals surface area contributed by atoms with Crippen molar-refractivity contribution in [1.29, 1.82) is 0 Å². The van der Waals surface area contributed by atoms with Gasteiger partial charge in [-0.2, -0.15) is 8.78 Å². The van der Waals surface area contributed by atoms with Gasteiger partial charge in [-0.3, -0.25) is 0 Å². The van der Waals surface area contributed by atoms with Gasteiger partial charge in [0.25, 0.3) is 0 Å². The summed E-state index contributed by atoms with van der Waals surface area (Å²) in [6.45, 7) is -0.389. The minimum atomic E-state index is -2.89. The highest BCUT2D eigenvalue weighted by Gasteiger charge is 2.34. The Morgan fingerprint density at radius 3 is 2.36 bits per heavy atom. The van der Waals surface area contributed by atoms with Crippen molar-refractivity contribution in [1.82, 2.24) is 0 Å². The maximum absolute atomic E-state index is 15.1. The summed E-state index contributed by atoms with van der Waals surface area (Å²) in [5, 5.41) is 0. The Morgan fingerprint density at radius 2 is 1.75 bits per heavy atom. The van der Waals surface area contributed by atoms with Crippen LogP contribution in [0.25, 0.3) is 0 Å². The van der Waals surface area contributed by atoms with E-state index in [1.807, 2.05) is 43.3 Å². The van der Waals surface area contributed by atoms with E-state index in [1.165, 1.54) is 18.2 Å². The molecule has 0 saturated carbocycles. The molecule has 3 rings (SSSR count). The predicted octanol–water partition coefficient (Wildman–Crippen LogP) is 6.51. The van der Waals surface area contributed by atoms with E-state index in [1.54, 1.807) is 18.2 Å². The Morgan fingerprint density at radius 1 is 1.04 bits per heavy atom. The zero-order chi connectivity index (χ0) is 20.0. The predicted molar refractivity (Wildman–Crippen MR) is 103 cm³/mol. The lowest BCUT2D eigenvalue weighted by Crippen LogP contribution is -2.29. The molecule has 148 valence electrons. The average Bonchev–Trinajstić information content (AvgIpc) is 2.69. The van der Waals surface area contributed by atoms with Gasteiger partial charge in [0.1, 0.15) is 17.2 Å². The first-order chi connectivity index (χ1) is 13.5. The van der Waals surface area contributed by atoms with Gasteiger partial charge in [0.05, 0.1) is 5.92 Å². The molecule has 2 unspecified atom stereocenters. The van der Waals surface area contributed by atoms with Crippen molar-refractivity contribution in [2.24, 2.45) is 0 Å². The van der Waals surface area contributed by atoms with Crippen LogP contribution in [-0.2, 0) is 10.3 Å². The van der Waals surface area contributed by atoms with Crippen LogP contribution >= 0.6 is 0 Å². The van der Waals surface area contributed by atoms with E-state index in [0.29, 0.717) is 12.2 Å². The minimum absolute atomic E-state index is 0.0499. The third-order valence-electron chi connectivity index (χ3n) is 4.71. The summed E-state index contributed by atoms with van der Waals surface area (Å²) in [4.78, 5) is 0. The second kappa shape index (κ2) is 9.11. The highest BCUT2D eigenvalue weighted by atomic mass is 19.3. The SMILES string of the molecule is CCCCOC1(c2ccc(OC(F)F)cc2)C=CC(c2ccccc2)C(F)=C1. The average molecular weight is 388 g/mol. The lowest BCUT2D eigenvalue weighted by Gasteiger charge is -2.33. The Labute approximate surface area is 163 Å². The number of hydrogen-bond donors (Lipinski definition) is 0. The molecule has 0 fully saturated rings. The standard InChI is InChI=1S/C23H23F3O2/c1-2-3-15-27-23(18-9-11-19(12-10-18)28-22(25)26)14-13-20(21(24)16-23)17-7-5-4-6-8-17/h4-14,16,20,22H,2-3,15H2,1H3. The molecule has 2 nitrogen and oxygen atoms in total. The topological polar surface area (TPSA) is 18.5 Å². The Hall–Kier alpha value is -2.53. The first-order valence-corrected chi connectivity index (χ1v) is 9.36. The van der Waals surface area contributed by atoms with Crippen LogP contribution in [0.5, 0.6) is 5.75 Å². The van der Waals surface area contributed by atoms with Crippen LogP contribution < -0.4 is 4.74 Å². The summed E-state index contributed by atoms with van der Waals surface area (Å²) in [6.07, 6.45) is 6.88. The molecule has 0 heterocycles. The molecule has 2 atom stereocenters. The van der Waals surface area contributed by atoms with Crippen LogP contribution in [-0.4, -0.2) is 13.2 Å². The number of allylic oxidation sites excluding steroid dienone is 2. The van der Waals surface area contributed by atoms with Gasteiger partial charge in [-0.1, -0.05) is 61.9 Å². The molecule has 0 aromatic heterocycles. The quantitative estimate of drug-likeness (QED) is 0.379. The number of unbranched alkanes of at least 4 members (excludes halogenated alkanes) is 1. The highest BCUT2D eigenvalue weighted by Crippen LogP contribution is 2.41. The maximum Gasteiger partial charge on any atom is 0.387 e. The lowest BCUT2D eigenvalue weighted by atomic mass is 9.83. The third kappa shape index (κ3) is 4.65. The second-order valence-electron chi connectivity index (χ2n) is 6.67. The Kier molecular flexibility index (Phi) is 6.57. The summed E-state index contributed by atoms with van der Waals surface area (Å²) in [5.74, 6) is -0.725. The molecule has 0 radical (unpaired) electrons. The summed E-state index contributed by atoms with van der Waals surface area (Å²) < 4.78 is 50.4. The molecule has 5 heteroatoms. The van der Waals surface area contributed by atoms with Crippen molar-refractivity contribution < 1.29 is 22.6 Å². The van der Waals surface area contributed by atoms with E-state index in [4.69, 9.17) is 4.74 Å². The van der Waals surface area contributed by atoms with Crippen molar-refractivity contribution >= 4 is 0 Å².